The highest BCUT2D eigenvalue weighted by Gasteiger charge is 2.09. The van der Waals surface area contributed by atoms with Crippen LogP contribution in [0.25, 0.3) is 10.1 Å². The summed E-state index contributed by atoms with van der Waals surface area (Å²) in [5, 5.41) is 21.2. The molecule has 0 aliphatic heterocycles. The SMILES string of the molecule is N#Cc1cc(Cl)cc2scc(CO)c12. The molecule has 0 bridgehead atoms. The zero-order valence-corrected chi connectivity index (χ0v) is 8.69. The minimum Gasteiger partial charge on any atom is -0.392 e. The van der Waals surface area contributed by atoms with Crippen LogP contribution in [0.15, 0.2) is 17.5 Å². The topological polar surface area (TPSA) is 44.0 Å². The van der Waals surface area contributed by atoms with Crippen molar-refractivity contribution in [2.45, 2.75) is 6.61 Å². The Bertz CT molecular complexity index is 527. The number of aliphatic hydroxyl groups excluding tert-OH is 1. The van der Waals surface area contributed by atoms with E-state index in [0.717, 1.165) is 15.6 Å². The minimum atomic E-state index is -0.0453. The summed E-state index contributed by atoms with van der Waals surface area (Å²) in [5.41, 5.74) is 1.32. The van der Waals surface area contributed by atoms with Gasteiger partial charge in [-0.1, -0.05) is 11.6 Å². The number of fused-ring (bicyclic) bond motifs is 1. The molecule has 0 radical (unpaired) electrons. The van der Waals surface area contributed by atoms with Gasteiger partial charge in [-0.15, -0.1) is 11.3 Å². The summed E-state index contributed by atoms with van der Waals surface area (Å²) >= 11 is 7.33. The number of hydrogen-bond donors (Lipinski definition) is 1. The normalized spacial score (nSPS) is 10.4. The van der Waals surface area contributed by atoms with Gasteiger partial charge >= 0.3 is 0 Å². The van der Waals surface area contributed by atoms with Gasteiger partial charge in [0.2, 0.25) is 0 Å². The average Bonchev–Trinajstić information content (AvgIpc) is 2.59. The summed E-state index contributed by atoms with van der Waals surface area (Å²) in [5.74, 6) is 0. The van der Waals surface area contributed by atoms with Crippen molar-refractivity contribution in [1.29, 1.82) is 5.26 Å². The van der Waals surface area contributed by atoms with E-state index in [9.17, 15) is 0 Å². The molecule has 0 spiro atoms. The van der Waals surface area contributed by atoms with Crippen LogP contribution in [0.2, 0.25) is 5.02 Å². The van der Waals surface area contributed by atoms with E-state index in [1.807, 2.05) is 11.4 Å². The maximum absolute atomic E-state index is 9.08. The van der Waals surface area contributed by atoms with E-state index < -0.39 is 0 Å². The van der Waals surface area contributed by atoms with E-state index in [4.69, 9.17) is 22.0 Å². The molecule has 0 saturated heterocycles. The standard InChI is InChI=1S/C10H6ClNOS/c11-8-1-6(3-12)10-7(4-13)5-14-9(10)2-8/h1-2,5,13H,4H2. The fraction of sp³-hybridized carbons (Fsp3) is 0.100. The van der Waals surface area contributed by atoms with E-state index in [2.05, 4.69) is 6.07 Å². The van der Waals surface area contributed by atoms with Crippen molar-refractivity contribution < 1.29 is 5.11 Å². The van der Waals surface area contributed by atoms with Crippen molar-refractivity contribution in [3.05, 3.63) is 33.7 Å². The molecule has 1 heterocycles. The summed E-state index contributed by atoms with van der Waals surface area (Å²) in [6, 6.07) is 5.51. The number of aliphatic hydroxyl groups is 1. The summed E-state index contributed by atoms with van der Waals surface area (Å²) in [6.07, 6.45) is 0. The summed E-state index contributed by atoms with van der Waals surface area (Å²) < 4.78 is 0.943. The minimum absolute atomic E-state index is 0.0453. The molecule has 0 unspecified atom stereocenters. The average molecular weight is 224 g/mol. The van der Waals surface area contributed by atoms with E-state index in [0.29, 0.717) is 10.6 Å². The van der Waals surface area contributed by atoms with Crippen molar-refractivity contribution in [1.82, 2.24) is 0 Å². The zero-order valence-electron chi connectivity index (χ0n) is 7.12. The second kappa shape index (κ2) is 3.58. The lowest BCUT2D eigenvalue weighted by atomic mass is 10.1. The lowest BCUT2D eigenvalue weighted by molar-refractivity contribution is 0.284. The summed E-state index contributed by atoms with van der Waals surface area (Å²) in [4.78, 5) is 0. The molecule has 2 nitrogen and oxygen atoms in total. The molecule has 2 aromatic rings. The van der Waals surface area contributed by atoms with Crippen LogP contribution in [0.5, 0.6) is 0 Å². The molecule has 2 rings (SSSR count). The van der Waals surface area contributed by atoms with E-state index >= 15 is 0 Å². The van der Waals surface area contributed by atoms with Crippen LogP contribution < -0.4 is 0 Å². The second-order valence-corrected chi connectivity index (χ2v) is 4.21. The first-order valence-corrected chi connectivity index (χ1v) is 5.22. The van der Waals surface area contributed by atoms with Crippen LogP contribution in [0.3, 0.4) is 0 Å². The van der Waals surface area contributed by atoms with E-state index in [1.54, 1.807) is 6.07 Å². The maximum atomic E-state index is 9.08. The molecule has 0 amide bonds. The molecule has 70 valence electrons. The van der Waals surface area contributed by atoms with Crippen molar-refractivity contribution >= 4 is 33.0 Å². The number of benzene rings is 1. The molecule has 0 atom stereocenters. The van der Waals surface area contributed by atoms with Gasteiger partial charge in [0.15, 0.2) is 0 Å². The Kier molecular flexibility index (Phi) is 2.42. The summed E-state index contributed by atoms with van der Waals surface area (Å²) in [7, 11) is 0. The maximum Gasteiger partial charge on any atom is 0.0999 e. The highest BCUT2D eigenvalue weighted by Crippen LogP contribution is 2.31. The molecule has 0 fully saturated rings. The molecule has 0 aliphatic carbocycles. The second-order valence-electron chi connectivity index (χ2n) is 2.86. The third kappa shape index (κ3) is 1.38. The van der Waals surface area contributed by atoms with Crippen LogP contribution in [-0.2, 0) is 6.61 Å². The molecule has 0 saturated carbocycles. The largest absolute Gasteiger partial charge is 0.392 e. The molecule has 14 heavy (non-hydrogen) atoms. The van der Waals surface area contributed by atoms with Gasteiger partial charge in [0.05, 0.1) is 18.2 Å². The van der Waals surface area contributed by atoms with Crippen molar-refractivity contribution in [3.8, 4) is 6.07 Å². The van der Waals surface area contributed by atoms with Crippen molar-refractivity contribution in [3.63, 3.8) is 0 Å². The Labute approximate surface area is 90.0 Å². The number of rotatable bonds is 1. The third-order valence-corrected chi connectivity index (χ3v) is 3.20. The van der Waals surface area contributed by atoms with E-state index in [-0.39, 0.29) is 6.61 Å². The van der Waals surface area contributed by atoms with Crippen molar-refractivity contribution in [2.24, 2.45) is 0 Å². The third-order valence-electron chi connectivity index (χ3n) is 2.01. The Morgan fingerprint density at radius 2 is 2.29 bits per heavy atom. The number of nitrogens with zero attached hydrogens (tertiary/aromatic N) is 1. The Morgan fingerprint density at radius 1 is 1.50 bits per heavy atom. The first-order valence-electron chi connectivity index (χ1n) is 3.97. The summed E-state index contributed by atoms with van der Waals surface area (Å²) in [6.45, 7) is -0.0453. The lowest BCUT2D eigenvalue weighted by Gasteiger charge is -1.97. The monoisotopic (exact) mass is 223 g/mol. The molecular weight excluding hydrogens is 218 g/mol. The van der Waals surface area contributed by atoms with E-state index in [1.165, 1.54) is 11.3 Å². The van der Waals surface area contributed by atoms with Crippen molar-refractivity contribution in [2.75, 3.05) is 0 Å². The van der Waals surface area contributed by atoms with Crippen LogP contribution in [0, 0.1) is 11.3 Å². The molecule has 1 aromatic heterocycles. The van der Waals surface area contributed by atoms with Crippen LogP contribution in [-0.4, -0.2) is 5.11 Å². The van der Waals surface area contributed by atoms with Gasteiger partial charge in [-0.3, -0.25) is 0 Å². The van der Waals surface area contributed by atoms with Crippen LogP contribution in [0.4, 0.5) is 0 Å². The predicted molar refractivity (Wildman–Crippen MR) is 57.5 cm³/mol. The first kappa shape index (κ1) is 9.47. The zero-order chi connectivity index (χ0) is 10.1. The Balaban J connectivity index is 2.87. The van der Waals surface area contributed by atoms with Gasteiger partial charge in [-0.25, -0.2) is 0 Å². The number of halogens is 1. The quantitative estimate of drug-likeness (QED) is 0.808. The smallest absolute Gasteiger partial charge is 0.0999 e. The fourth-order valence-corrected chi connectivity index (χ4v) is 2.70. The number of thiophene rings is 1. The molecule has 0 aliphatic rings. The Morgan fingerprint density at radius 3 is 2.93 bits per heavy atom. The molecule has 4 heteroatoms. The Hall–Kier alpha value is -1.08. The first-order chi connectivity index (χ1) is 6.76. The van der Waals surface area contributed by atoms with Crippen LogP contribution >= 0.6 is 22.9 Å². The van der Waals surface area contributed by atoms with Gasteiger partial charge in [0.1, 0.15) is 0 Å². The van der Waals surface area contributed by atoms with Gasteiger partial charge in [-0.2, -0.15) is 5.26 Å². The fourth-order valence-electron chi connectivity index (χ4n) is 1.40. The van der Waals surface area contributed by atoms with Gasteiger partial charge in [-0.05, 0) is 23.1 Å². The van der Waals surface area contributed by atoms with Gasteiger partial charge in [0, 0.05) is 15.1 Å². The predicted octanol–water partition coefficient (Wildman–Crippen LogP) is 2.92. The van der Waals surface area contributed by atoms with Crippen LogP contribution in [0.1, 0.15) is 11.1 Å². The molecule has 1 aromatic carbocycles. The van der Waals surface area contributed by atoms with Gasteiger partial charge < -0.3 is 5.11 Å². The highest BCUT2D eigenvalue weighted by atomic mass is 35.5. The lowest BCUT2D eigenvalue weighted by Crippen LogP contribution is -1.83. The molecule has 1 N–H and O–H groups in total. The molecular formula is C10H6ClNOS. The highest BCUT2D eigenvalue weighted by molar-refractivity contribution is 7.17. The van der Waals surface area contributed by atoms with Gasteiger partial charge in [0.25, 0.3) is 0 Å². The number of nitriles is 1. The number of hydrogen-bond acceptors (Lipinski definition) is 3.